The number of amides is 1. The summed E-state index contributed by atoms with van der Waals surface area (Å²) in [5.41, 5.74) is 8.47. The predicted octanol–water partition coefficient (Wildman–Crippen LogP) is 0.353. The first-order valence-corrected chi connectivity index (χ1v) is 7.96. The molecule has 0 saturated carbocycles. The molecule has 0 fully saturated rings. The van der Waals surface area contributed by atoms with Crippen molar-refractivity contribution >= 4 is 5.91 Å². The molecule has 3 atom stereocenters. The lowest BCUT2D eigenvalue weighted by molar-refractivity contribution is -0.128. The minimum atomic E-state index is -1.96. The average molecular weight is 360 g/mol. The summed E-state index contributed by atoms with van der Waals surface area (Å²) in [5.74, 6) is -3.18. The van der Waals surface area contributed by atoms with Crippen molar-refractivity contribution in [2.24, 2.45) is 11.5 Å². The molecule has 0 unspecified atom stereocenters. The van der Waals surface area contributed by atoms with Crippen molar-refractivity contribution in [1.29, 1.82) is 0 Å². The summed E-state index contributed by atoms with van der Waals surface area (Å²) in [7, 11) is 0. The van der Waals surface area contributed by atoms with E-state index in [4.69, 9.17) is 11.5 Å². The van der Waals surface area contributed by atoms with Crippen LogP contribution in [0.2, 0.25) is 0 Å². The van der Waals surface area contributed by atoms with Crippen LogP contribution in [0.4, 0.5) is 8.78 Å². The van der Waals surface area contributed by atoms with Crippen molar-refractivity contribution in [3.63, 3.8) is 0 Å². The number of hydrogen-bond donors (Lipinski definition) is 5. The van der Waals surface area contributed by atoms with Crippen molar-refractivity contribution in [1.82, 2.24) is 0 Å². The molecule has 6 nitrogen and oxygen atoms in total. The number of aliphatic hydroxyl groups excluding tert-OH is 2. The SMILES string of the molecule is CC(C)(O)CC[C@@H](O)C[C@H](O)[C@@](N)(Cc1ccc(F)c(F)c1)C(N)=O. The molecule has 142 valence electrons. The number of nitrogens with two attached hydrogens (primary N) is 2. The molecule has 0 radical (unpaired) electrons. The van der Waals surface area contributed by atoms with Crippen LogP contribution >= 0.6 is 0 Å². The second kappa shape index (κ2) is 8.18. The molecule has 8 heteroatoms. The van der Waals surface area contributed by atoms with Crippen LogP contribution in [-0.2, 0) is 11.2 Å². The Morgan fingerprint density at radius 2 is 1.84 bits per heavy atom. The fourth-order valence-electron chi connectivity index (χ4n) is 2.46. The molecule has 1 aromatic rings. The second-order valence-electron chi connectivity index (χ2n) is 7.09. The van der Waals surface area contributed by atoms with Crippen LogP contribution < -0.4 is 11.5 Å². The van der Waals surface area contributed by atoms with E-state index in [0.717, 1.165) is 12.1 Å². The average Bonchev–Trinajstić information content (AvgIpc) is 2.48. The molecular formula is C17H26F2N2O4. The molecule has 0 aliphatic carbocycles. The van der Waals surface area contributed by atoms with E-state index in [1.54, 1.807) is 13.8 Å². The van der Waals surface area contributed by atoms with Crippen LogP contribution in [0.25, 0.3) is 0 Å². The lowest BCUT2D eigenvalue weighted by Gasteiger charge is -2.33. The van der Waals surface area contributed by atoms with E-state index in [9.17, 15) is 28.9 Å². The van der Waals surface area contributed by atoms with Crippen molar-refractivity contribution in [3.8, 4) is 0 Å². The third-order valence-corrected chi connectivity index (χ3v) is 4.12. The summed E-state index contributed by atoms with van der Waals surface area (Å²) in [6, 6.07) is 2.99. The normalized spacial score (nSPS) is 17.0. The molecule has 0 aliphatic heterocycles. The van der Waals surface area contributed by atoms with Crippen LogP contribution in [0.1, 0.15) is 38.7 Å². The highest BCUT2D eigenvalue weighted by Crippen LogP contribution is 2.22. The minimum Gasteiger partial charge on any atom is -0.393 e. The monoisotopic (exact) mass is 360 g/mol. The molecular weight excluding hydrogens is 334 g/mol. The Morgan fingerprint density at radius 1 is 1.24 bits per heavy atom. The van der Waals surface area contributed by atoms with E-state index in [1.165, 1.54) is 6.07 Å². The lowest BCUT2D eigenvalue weighted by atomic mass is 9.82. The zero-order valence-electron chi connectivity index (χ0n) is 14.4. The molecule has 7 N–H and O–H groups in total. The Kier molecular flexibility index (Phi) is 7.01. The van der Waals surface area contributed by atoms with Gasteiger partial charge in [-0.25, -0.2) is 8.78 Å². The Bertz CT molecular complexity index is 607. The summed E-state index contributed by atoms with van der Waals surface area (Å²) in [6.07, 6.45) is -2.64. The summed E-state index contributed by atoms with van der Waals surface area (Å²) in [6.45, 7) is 3.16. The van der Waals surface area contributed by atoms with Crippen molar-refractivity contribution in [3.05, 3.63) is 35.4 Å². The first kappa shape index (κ1) is 21.4. The number of carbonyl (C=O) groups is 1. The molecule has 1 amide bonds. The lowest BCUT2D eigenvalue weighted by Crippen LogP contribution is -2.62. The quantitative estimate of drug-likeness (QED) is 0.434. The first-order valence-electron chi connectivity index (χ1n) is 7.96. The number of carbonyl (C=O) groups excluding carboxylic acids is 1. The highest BCUT2D eigenvalue weighted by Gasteiger charge is 2.41. The molecule has 0 bridgehead atoms. The molecule has 1 aromatic carbocycles. The van der Waals surface area contributed by atoms with Crippen LogP contribution in [0.5, 0.6) is 0 Å². The summed E-state index contributed by atoms with van der Waals surface area (Å²) in [4.78, 5) is 11.8. The van der Waals surface area contributed by atoms with E-state index in [1.807, 2.05) is 0 Å². The Hall–Kier alpha value is -1.61. The summed E-state index contributed by atoms with van der Waals surface area (Å²) < 4.78 is 26.3. The van der Waals surface area contributed by atoms with Gasteiger partial charge in [-0.3, -0.25) is 4.79 Å². The van der Waals surface area contributed by atoms with Crippen LogP contribution in [0.15, 0.2) is 18.2 Å². The zero-order chi connectivity index (χ0) is 19.4. The predicted molar refractivity (Wildman–Crippen MR) is 88.3 cm³/mol. The van der Waals surface area contributed by atoms with E-state index >= 15 is 0 Å². The number of halogens is 2. The Balaban J connectivity index is 2.85. The number of hydrogen-bond acceptors (Lipinski definition) is 5. The second-order valence-corrected chi connectivity index (χ2v) is 7.09. The highest BCUT2D eigenvalue weighted by atomic mass is 19.2. The fourth-order valence-corrected chi connectivity index (χ4v) is 2.46. The number of rotatable bonds is 9. The third-order valence-electron chi connectivity index (χ3n) is 4.12. The summed E-state index contributed by atoms with van der Waals surface area (Å²) in [5, 5.41) is 29.9. The van der Waals surface area contributed by atoms with Gasteiger partial charge in [-0.15, -0.1) is 0 Å². The maximum absolute atomic E-state index is 13.3. The molecule has 0 spiro atoms. The highest BCUT2D eigenvalue weighted by molar-refractivity contribution is 5.85. The maximum atomic E-state index is 13.3. The molecule has 0 aliphatic rings. The zero-order valence-corrected chi connectivity index (χ0v) is 14.4. The van der Waals surface area contributed by atoms with Gasteiger partial charge in [-0.1, -0.05) is 6.07 Å². The number of benzene rings is 1. The van der Waals surface area contributed by atoms with Gasteiger partial charge >= 0.3 is 0 Å². The Morgan fingerprint density at radius 3 is 2.32 bits per heavy atom. The van der Waals surface area contributed by atoms with Gasteiger partial charge in [0.1, 0.15) is 5.54 Å². The first-order chi connectivity index (χ1) is 11.3. The van der Waals surface area contributed by atoms with E-state index in [0.29, 0.717) is 0 Å². The third kappa shape index (κ3) is 6.32. The van der Waals surface area contributed by atoms with Gasteiger partial charge < -0.3 is 26.8 Å². The molecule has 0 aromatic heterocycles. The van der Waals surface area contributed by atoms with Gasteiger partial charge in [0.2, 0.25) is 5.91 Å². The van der Waals surface area contributed by atoms with Gasteiger partial charge in [0, 0.05) is 12.8 Å². The van der Waals surface area contributed by atoms with Crippen molar-refractivity contribution in [2.45, 2.75) is 62.9 Å². The maximum Gasteiger partial charge on any atom is 0.240 e. The Labute approximate surface area is 145 Å². The fraction of sp³-hybridized carbons (Fsp3) is 0.588. The number of aliphatic hydroxyl groups is 3. The van der Waals surface area contributed by atoms with Crippen LogP contribution in [-0.4, -0.2) is 44.6 Å². The van der Waals surface area contributed by atoms with Gasteiger partial charge in [-0.05, 0) is 44.4 Å². The van der Waals surface area contributed by atoms with Crippen molar-refractivity contribution < 1.29 is 28.9 Å². The standard InChI is InChI=1S/C17H26F2N2O4/c1-16(2,25)6-5-11(22)8-14(23)17(21,15(20)24)9-10-3-4-12(18)13(19)7-10/h3-4,7,11,14,22-23,25H,5-6,8-9,21H2,1-2H3,(H2,20,24)/t11-,14+,17+/m1/s1. The van der Waals surface area contributed by atoms with E-state index in [2.05, 4.69) is 0 Å². The van der Waals surface area contributed by atoms with Gasteiger partial charge in [-0.2, -0.15) is 0 Å². The minimum absolute atomic E-state index is 0.181. The number of primary amides is 1. The molecule has 0 heterocycles. The molecule has 1 rings (SSSR count). The van der Waals surface area contributed by atoms with Gasteiger partial charge in [0.15, 0.2) is 11.6 Å². The van der Waals surface area contributed by atoms with E-state index < -0.39 is 40.9 Å². The van der Waals surface area contributed by atoms with Gasteiger partial charge in [0.05, 0.1) is 17.8 Å². The van der Waals surface area contributed by atoms with Gasteiger partial charge in [0.25, 0.3) is 0 Å². The molecule has 25 heavy (non-hydrogen) atoms. The van der Waals surface area contributed by atoms with Crippen LogP contribution in [0, 0.1) is 11.6 Å². The molecule has 0 saturated heterocycles. The largest absolute Gasteiger partial charge is 0.393 e. The topological polar surface area (TPSA) is 130 Å². The van der Waals surface area contributed by atoms with E-state index in [-0.39, 0.29) is 31.2 Å². The smallest absolute Gasteiger partial charge is 0.240 e. The summed E-state index contributed by atoms with van der Waals surface area (Å²) >= 11 is 0. The van der Waals surface area contributed by atoms with Crippen LogP contribution in [0.3, 0.4) is 0 Å². The van der Waals surface area contributed by atoms with Crippen molar-refractivity contribution in [2.75, 3.05) is 0 Å².